The zero-order valence-corrected chi connectivity index (χ0v) is 11.9. The number of imidazole rings is 1. The van der Waals surface area contributed by atoms with E-state index in [9.17, 15) is 0 Å². The first-order valence-electron chi connectivity index (χ1n) is 6.22. The fourth-order valence-electron chi connectivity index (χ4n) is 1.94. The van der Waals surface area contributed by atoms with Crippen LogP contribution in [0.3, 0.4) is 0 Å². The number of aromatic nitrogens is 2. The zero-order valence-electron chi connectivity index (χ0n) is 11.1. The first kappa shape index (κ1) is 13.9. The van der Waals surface area contributed by atoms with E-state index < -0.39 is 0 Å². The van der Waals surface area contributed by atoms with Gasteiger partial charge in [-0.2, -0.15) is 0 Å². The molecule has 1 atom stereocenters. The second kappa shape index (κ2) is 6.59. The molecule has 2 rings (SSSR count). The predicted octanol–water partition coefficient (Wildman–Crippen LogP) is 3.22. The van der Waals surface area contributed by atoms with Gasteiger partial charge in [0.2, 0.25) is 0 Å². The molecule has 0 fully saturated rings. The Morgan fingerprint density at radius 1 is 1.47 bits per heavy atom. The number of anilines is 1. The van der Waals surface area contributed by atoms with Crippen LogP contribution >= 0.6 is 11.6 Å². The van der Waals surface area contributed by atoms with Gasteiger partial charge in [0.25, 0.3) is 0 Å². The van der Waals surface area contributed by atoms with Gasteiger partial charge in [-0.3, -0.25) is 0 Å². The van der Waals surface area contributed by atoms with Crippen LogP contribution in [0.25, 0.3) is 5.69 Å². The van der Waals surface area contributed by atoms with Crippen LogP contribution in [-0.4, -0.2) is 29.8 Å². The minimum atomic E-state index is 0.430. The summed E-state index contributed by atoms with van der Waals surface area (Å²) in [6, 6.07) is 5.83. The Balaban J connectivity index is 2.19. The molecule has 0 aliphatic carbocycles. The number of hydrogen-bond acceptors (Lipinski definition) is 3. The molecule has 1 heterocycles. The molecule has 102 valence electrons. The molecule has 0 saturated carbocycles. The topological polar surface area (TPSA) is 39.1 Å². The van der Waals surface area contributed by atoms with Gasteiger partial charge in [-0.25, -0.2) is 4.98 Å². The summed E-state index contributed by atoms with van der Waals surface area (Å²) in [5.74, 6) is 0.430. The fourth-order valence-corrected chi connectivity index (χ4v) is 2.21. The molecule has 1 N–H and O–H groups in total. The molecule has 0 radical (unpaired) electrons. The average molecular weight is 280 g/mol. The van der Waals surface area contributed by atoms with Crippen LogP contribution in [0.2, 0.25) is 5.02 Å². The highest BCUT2D eigenvalue weighted by molar-refractivity contribution is 6.33. The molecule has 0 aliphatic rings. The van der Waals surface area contributed by atoms with E-state index in [1.807, 2.05) is 29.0 Å². The van der Waals surface area contributed by atoms with Gasteiger partial charge in [-0.15, -0.1) is 0 Å². The van der Waals surface area contributed by atoms with Gasteiger partial charge in [0, 0.05) is 26.0 Å². The van der Waals surface area contributed by atoms with Crippen LogP contribution in [0, 0.1) is 5.92 Å². The van der Waals surface area contributed by atoms with Crippen LogP contribution in [0.1, 0.15) is 6.92 Å². The maximum absolute atomic E-state index is 6.28. The third-order valence-electron chi connectivity index (χ3n) is 2.84. The maximum Gasteiger partial charge on any atom is 0.0992 e. The summed E-state index contributed by atoms with van der Waals surface area (Å²) in [4.78, 5) is 4.06. The van der Waals surface area contributed by atoms with Gasteiger partial charge in [0.05, 0.1) is 29.3 Å². The summed E-state index contributed by atoms with van der Waals surface area (Å²) in [6.07, 6.45) is 5.36. The largest absolute Gasteiger partial charge is 0.384 e. The lowest BCUT2D eigenvalue weighted by atomic mass is 10.2. The number of rotatable bonds is 6. The highest BCUT2D eigenvalue weighted by Crippen LogP contribution is 2.28. The van der Waals surface area contributed by atoms with Gasteiger partial charge in [-0.05, 0) is 18.1 Å². The van der Waals surface area contributed by atoms with Crippen molar-refractivity contribution in [1.82, 2.24) is 9.55 Å². The second-order valence-electron chi connectivity index (χ2n) is 4.55. The molecular formula is C14H18ClN3O. The summed E-state index contributed by atoms with van der Waals surface area (Å²) in [7, 11) is 1.72. The molecule has 2 aromatic rings. The van der Waals surface area contributed by atoms with Crippen molar-refractivity contribution in [2.24, 2.45) is 5.92 Å². The Kier molecular flexibility index (Phi) is 4.82. The van der Waals surface area contributed by atoms with E-state index in [4.69, 9.17) is 16.3 Å². The van der Waals surface area contributed by atoms with Crippen molar-refractivity contribution in [2.45, 2.75) is 6.92 Å². The summed E-state index contributed by atoms with van der Waals surface area (Å²) >= 11 is 6.28. The van der Waals surface area contributed by atoms with Crippen LogP contribution < -0.4 is 5.32 Å². The normalized spacial score (nSPS) is 12.4. The van der Waals surface area contributed by atoms with E-state index in [0.29, 0.717) is 10.9 Å². The van der Waals surface area contributed by atoms with E-state index in [-0.39, 0.29) is 0 Å². The molecule has 0 amide bonds. The van der Waals surface area contributed by atoms with E-state index in [2.05, 4.69) is 17.2 Å². The van der Waals surface area contributed by atoms with Crippen molar-refractivity contribution in [3.63, 3.8) is 0 Å². The fraction of sp³-hybridized carbons (Fsp3) is 0.357. The number of para-hydroxylation sites is 1. The SMILES string of the molecule is COCC(C)CNc1cccc(Cl)c1-n1ccnc1. The molecule has 19 heavy (non-hydrogen) atoms. The average Bonchev–Trinajstić information content (AvgIpc) is 2.90. The highest BCUT2D eigenvalue weighted by Gasteiger charge is 2.09. The molecule has 0 saturated heterocycles. The van der Waals surface area contributed by atoms with Gasteiger partial charge >= 0.3 is 0 Å². The summed E-state index contributed by atoms with van der Waals surface area (Å²) in [5, 5.41) is 4.11. The smallest absolute Gasteiger partial charge is 0.0992 e. The monoisotopic (exact) mass is 279 g/mol. The summed E-state index contributed by atoms with van der Waals surface area (Å²) in [5.41, 5.74) is 1.92. The lowest BCUT2D eigenvalue weighted by molar-refractivity contribution is 0.164. The number of ether oxygens (including phenoxy) is 1. The maximum atomic E-state index is 6.28. The lowest BCUT2D eigenvalue weighted by Crippen LogP contribution is -2.16. The van der Waals surface area contributed by atoms with Crippen molar-refractivity contribution in [3.8, 4) is 5.69 Å². The first-order chi connectivity index (χ1) is 9.22. The third kappa shape index (κ3) is 3.49. The minimum absolute atomic E-state index is 0.430. The number of nitrogens with zero attached hydrogens (tertiary/aromatic N) is 2. The van der Waals surface area contributed by atoms with Crippen LogP contribution in [0.15, 0.2) is 36.9 Å². The Morgan fingerprint density at radius 3 is 3.00 bits per heavy atom. The predicted molar refractivity (Wildman–Crippen MR) is 78.1 cm³/mol. The lowest BCUT2D eigenvalue weighted by Gasteiger charge is -2.17. The quantitative estimate of drug-likeness (QED) is 0.882. The second-order valence-corrected chi connectivity index (χ2v) is 4.95. The Morgan fingerprint density at radius 2 is 2.32 bits per heavy atom. The standard InChI is InChI=1S/C14H18ClN3O/c1-11(9-19-2)8-17-13-5-3-4-12(15)14(13)18-7-6-16-10-18/h3-7,10-11,17H,8-9H2,1-2H3. The molecule has 0 bridgehead atoms. The summed E-state index contributed by atoms with van der Waals surface area (Å²) in [6.45, 7) is 3.70. The van der Waals surface area contributed by atoms with Crippen LogP contribution in [0.5, 0.6) is 0 Å². The van der Waals surface area contributed by atoms with Crippen molar-refractivity contribution < 1.29 is 4.74 Å². The number of methoxy groups -OCH3 is 1. The van der Waals surface area contributed by atoms with Crippen molar-refractivity contribution in [3.05, 3.63) is 41.9 Å². The van der Waals surface area contributed by atoms with E-state index in [1.165, 1.54) is 0 Å². The first-order valence-corrected chi connectivity index (χ1v) is 6.60. The van der Waals surface area contributed by atoms with Crippen molar-refractivity contribution >= 4 is 17.3 Å². The molecule has 5 heteroatoms. The highest BCUT2D eigenvalue weighted by atomic mass is 35.5. The van der Waals surface area contributed by atoms with Gasteiger partial charge in [0.15, 0.2) is 0 Å². The van der Waals surface area contributed by atoms with Crippen molar-refractivity contribution in [2.75, 3.05) is 25.6 Å². The van der Waals surface area contributed by atoms with E-state index in [1.54, 1.807) is 19.6 Å². The molecule has 4 nitrogen and oxygen atoms in total. The number of nitrogens with one attached hydrogen (secondary N) is 1. The Labute approximate surface area is 118 Å². The molecule has 0 aliphatic heterocycles. The third-order valence-corrected chi connectivity index (χ3v) is 3.15. The van der Waals surface area contributed by atoms with Crippen LogP contribution in [0.4, 0.5) is 5.69 Å². The number of halogens is 1. The molecular weight excluding hydrogens is 262 g/mol. The van der Waals surface area contributed by atoms with E-state index in [0.717, 1.165) is 24.5 Å². The molecule has 1 unspecified atom stereocenters. The van der Waals surface area contributed by atoms with E-state index >= 15 is 0 Å². The Hall–Kier alpha value is -1.52. The van der Waals surface area contributed by atoms with Gasteiger partial charge < -0.3 is 14.6 Å². The van der Waals surface area contributed by atoms with Crippen molar-refractivity contribution in [1.29, 1.82) is 0 Å². The van der Waals surface area contributed by atoms with Gasteiger partial charge in [-0.1, -0.05) is 24.6 Å². The zero-order chi connectivity index (χ0) is 13.7. The van der Waals surface area contributed by atoms with Gasteiger partial charge in [0.1, 0.15) is 0 Å². The van der Waals surface area contributed by atoms with Crippen LogP contribution in [-0.2, 0) is 4.74 Å². The summed E-state index contributed by atoms with van der Waals surface area (Å²) < 4.78 is 7.05. The molecule has 0 spiro atoms. The number of hydrogen-bond donors (Lipinski definition) is 1. The number of benzene rings is 1. The molecule has 1 aromatic heterocycles. The molecule has 1 aromatic carbocycles. The minimum Gasteiger partial charge on any atom is -0.384 e. The Bertz CT molecular complexity index is 513.